The summed E-state index contributed by atoms with van der Waals surface area (Å²) >= 11 is 0. The molecule has 1 aromatic carbocycles. The van der Waals surface area contributed by atoms with Gasteiger partial charge in [-0.15, -0.1) is 0 Å². The average molecular weight is 405 g/mol. The molecule has 1 aliphatic rings. The maximum atomic E-state index is 13.1. The number of nitrogens with one attached hydrogen (secondary N) is 1. The summed E-state index contributed by atoms with van der Waals surface area (Å²) in [5.41, 5.74) is 2.92. The van der Waals surface area contributed by atoms with Crippen molar-refractivity contribution in [3.05, 3.63) is 77.0 Å². The van der Waals surface area contributed by atoms with Gasteiger partial charge in [-0.25, -0.2) is 4.79 Å². The first-order valence-electron chi connectivity index (χ1n) is 9.70. The number of amides is 3. The van der Waals surface area contributed by atoms with Crippen LogP contribution in [0.3, 0.4) is 0 Å². The molecule has 3 amide bonds. The van der Waals surface area contributed by atoms with Crippen molar-refractivity contribution >= 4 is 17.7 Å². The zero-order chi connectivity index (χ0) is 21.6. The van der Waals surface area contributed by atoms with E-state index in [4.69, 9.17) is 4.42 Å². The van der Waals surface area contributed by atoms with Crippen molar-refractivity contribution in [2.45, 2.75) is 33.2 Å². The Morgan fingerprint density at radius 2 is 1.83 bits per heavy atom. The van der Waals surface area contributed by atoms with Crippen LogP contribution in [0.4, 0.5) is 4.79 Å². The fraction of sp³-hybridized carbons (Fsp3) is 0.261. The lowest BCUT2D eigenvalue weighted by Gasteiger charge is -2.18. The summed E-state index contributed by atoms with van der Waals surface area (Å²) in [7, 11) is 0. The summed E-state index contributed by atoms with van der Waals surface area (Å²) in [4.78, 5) is 39.5. The van der Waals surface area contributed by atoms with Crippen LogP contribution in [0.25, 0.3) is 5.69 Å². The predicted octanol–water partition coefficient (Wildman–Crippen LogP) is 3.65. The predicted molar refractivity (Wildman–Crippen MR) is 111 cm³/mol. The third-order valence-corrected chi connectivity index (χ3v) is 5.68. The molecule has 0 unspecified atom stereocenters. The van der Waals surface area contributed by atoms with Gasteiger partial charge in [0, 0.05) is 22.6 Å². The number of hydrogen-bond acceptors (Lipinski definition) is 4. The summed E-state index contributed by atoms with van der Waals surface area (Å²) in [6.45, 7) is 7.04. The van der Waals surface area contributed by atoms with Crippen molar-refractivity contribution in [1.29, 1.82) is 0 Å². The first-order chi connectivity index (χ1) is 14.2. The number of nitrogens with zero attached hydrogens (tertiary/aromatic N) is 2. The highest BCUT2D eigenvalue weighted by atomic mass is 16.3. The van der Waals surface area contributed by atoms with Crippen molar-refractivity contribution in [2.75, 3.05) is 6.54 Å². The molecule has 0 spiro atoms. The second kappa shape index (κ2) is 7.02. The van der Waals surface area contributed by atoms with Gasteiger partial charge in [-0.1, -0.05) is 18.2 Å². The molecule has 1 aliphatic heterocycles. The fourth-order valence-corrected chi connectivity index (χ4v) is 4.03. The van der Waals surface area contributed by atoms with Crippen LogP contribution in [-0.2, 0) is 10.3 Å². The minimum atomic E-state index is -1.32. The molecule has 1 saturated heterocycles. The van der Waals surface area contributed by atoms with Gasteiger partial charge in [0.15, 0.2) is 11.3 Å². The van der Waals surface area contributed by atoms with Crippen LogP contribution < -0.4 is 5.32 Å². The number of urea groups is 1. The number of hydrogen-bond donors (Lipinski definition) is 1. The van der Waals surface area contributed by atoms with E-state index in [9.17, 15) is 14.4 Å². The molecular formula is C23H23N3O4. The number of Topliss-reactive ketones (excluding diaryl/α,β-unsaturated/α-hetero) is 1. The standard InChI is InChI=1S/C23H23N3O4/c1-14-8-5-6-9-18(14)26-15(2)12-17(16(26)3)19(27)13-25-21(28)23(4,24-22(25)29)20-10-7-11-30-20/h5-12H,13H2,1-4H3,(H,24,29)/t23-/m0/s1. The van der Waals surface area contributed by atoms with Gasteiger partial charge in [-0.05, 0) is 57.5 Å². The minimum absolute atomic E-state index is 0.296. The second-order valence-corrected chi connectivity index (χ2v) is 7.75. The number of imide groups is 1. The molecule has 2 aromatic heterocycles. The molecule has 1 N–H and O–H groups in total. The highest BCUT2D eigenvalue weighted by Gasteiger charge is 2.51. The number of aromatic nitrogens is 1. The summed E-state index contributed by atoms with van der Waals surface area (Å²) in [5.74, 6) is -0.479. The van der Waals surface area contributed by atoms with Crippen LogP contribution in [0.5, 0.6) is 0 Å². The van der Waals surface area contributed by atoms with Crippen molar-refractivity contribution in [2.24, 2.45) is 0 Å². The van der Waals surface area contributed by atoms with E-state index in [1.165, 1.54) is 6.26 Å². The average Bonchev–Trinajstić information content (AvgIpc) is 3.39. The van der Waals surface area contributed by atoms with E-state index in [0.717, 1.165) is 27.5 Å². The van der Waals surface area contributed by atoms with Gasteiger partial charge in [-0.2, -0.15) is 0 Å². The zero-order valence-corrected chi connectivity index (χ0v) is 17.4. The molecule has 7 nitrogen and oxygen atoms in total. The smallest absolute Gasteiger partial charge is 0.325 e. The van der Waals surface area contributed by atoms with Gasteiger partial charge in [-0.3, -0.25) is 14.5 Å². The van der Waals surface area contributed by atoms with Gasteiger partial charge in [0.1, 0.15) is 5.76 Å². The maximum absolute atomic E-state index is 13.1. The summed E-state index contributed by atoms with van der Waals surface area (Å²) in [6.07, 6.45) is 1.44. The van der Waals surface area contributed by atoms with E-state index in [1.54, 1.807) is 25.1 Å². The molecule has 4 rings (SSSR count). The van der Waals surface area contributed by atoms with Crippen LogP contribution >= 0.6 is 0 Å². The number of rotatable bonds is 5. The van der Waals surface area contributed by atoms with Crippen molar-refractivity contribution in [3.63, 3.8) is 0 Å². The molecule has 3 heterocycles. The molecule has 0 saturated carbocycles. The molecule has 3 aromatic rings. The van der Waals surface area contributed by atoms with E-state index in [0.29, 0.717) is 11.3 Å². The lowest BCUT2D eigenvalue weighted by molar-refractivity contribution is -0.131. The lowest BCUT2D eigenvalue weighted by Crippen LogP contribution is -2.41. The zero-order valence-electron chi connectivity index (χ0n) is 17.4. The fourth-order valence-electron chi connectivity index (χ4n) is 4.03. The lowest BCUT2D eigenvalue weighted by atomic mass is 9.99. The number of benzene rings is 1. The number of para-hydroxylation sites is 1. The molecule has 0 bridgehead atoms. The molecule has 0 aliphatic carbocycles. The normalized spacial score (nSPS) is 18.7. The Balaban J connectivity index is 1.63. The molecule has 154 valence electrons. The Hall–Kier alpha value is -3.61. The maximum Gasteiger partial charge on any atom is 0.325 e. The quantitative estimate of drug-likeness (QED) is 0.519. The second-order valence-electron chi connectivity index (χ2n) is 7.75. The molecule has 0 radical (unpaired) electrons. The van der Waals surface area contributed by atoms with Crippen molar-refractivity contribution < 1.29 is 18.8 Å². The number of ketones is 1. The summed E-state index contributed by atoms with van der Waals surface area (Å²) < 4.78 is 7.34. The molecule has 30 heavy (non-hydrogen) atoms. The topological polar surface area (TPSA) is 84.6 Å². The van der Waals surface area contributed by atoms with Gasteiger partial charge in [0.25, 0.3) is 5.91 Å². The Labute approximate surface area is 174 Å². The Bertz CT molecular complexity index is 1160. The number of furan rings is 1. The van der Waals surface area contributed by atoms with E-state index < -0.39 is 17.5 Å². The molecular weight excluding hydrogens is 382 g/mol. The number of aryl methyl sites for hydroxylation is 2. The van der Waals surface area contributed by atoms with E-state index in [1.807, 2.05) is 49.6 Å². The van der Waals surface area contributed by atoms with E-state index >= 15 is 0 Å². The van der Waals surface area contributed by atoms with E-state index in [-0.39, 0.29) is 12.3 Å². The third-order valence-electron chi connectivity index (χ3n) is 5.68. The Kier molecular flexibility index (Phi) is 4.61. The van der Waals surface area contributed by atoms with Gasteiger partial charge in [0.2, 0.25) is 0 Å². The highest BCUT2D eigenvalue weighted by molar-refractivity contribution is 6.11. The Morgan fingerprint density at radius 3 is 2.50 bits per heavy atom. The SMILES string of the molecule is Cc1ccccc1-n1c(C)cc(C(=O)CN2C(=O)N[C@@](C)(c3ccco3)C2=O)c1C. The van der Waals surface area contributed by atoms with Crippen LogP contribution in [0, 0.1) is 20.8 Å². The largest absolute Gasteiger partial charge is 0.466 e. The van der Waals surface area contributed by atoms with Crippen LogP contribution in [0.1, 0.15) is 40.0 Å². The van der Waals surface area contributed by atoms with Crippen LogP contribution in [-0.4, -0.2) is 33.7 Å². The van der Waals surface area contributed by atoms with Gasteiger partial charge < -0.3 is 14.3 Å². The highest BCUT2D eigenvalue weighted by Crippen LogP contribution is 2.30. The first-order valence-corrected chi connectivity index (χ1v) is 9.70. The molecule has 1 fully saturated rings. The van der Waals surface area contributed by atoms with Crippen LogP contribution in [0.2, 0.25) is 0 Å². The van der Waals surface area contributed by atoms with Gasteiger partial charge in [0.05, 0.1) is 12.8 Å². The summed E-state index contributed by atoms with van der Waals surface area (Å²) in [6, 6.07) is 12.4. The molecule has 1 atom stereocenters. The van der Waals surface area contributed by atoms with Crippen LogP contribution in [0.15, 0.2) is 53.1 Å². The van der Waals surface area contributed by atoms with Crippen molar-refractivity contribution in [1.82, 2.24) is 14.8 Å². The number of carbonyl (C=O) groups excluding carboxylic acids is 3. The summed E-state index contributed by atoms with van der Waals surface area (Å²) in [5, 5.41) is 2.64. The minimum Gasteiger partial charge on any atom is -0.466 e. The van der Waals surface area contributed by atoms with Gasteiger partial charge >= 0.3 is 6.03 Å². The third kappa shape index (κ3) is 2.94. The first kappa shape index (κ1) is 19.7. The van der Waals surface area contributed by atoms with Crippen molar-refractivity contribution in [3.8, 4) is 5.69 Å². The molecule has 7 heteroatoms. The van der Waals surface area contributed by atoms with E-state index in [2.05, 4.69) is 5.32 Å². The number of carbonyl (C=O) groups is 3. The monoisotopic (exact) mass is 405 g/mol. The Morgan fingerprint density at radius 1 is 1.10 bits per heavy atom.